The zero-order chi connectivity index (χ0) is 17.3. The van der Waals surface area contributed by atoms with Gasteiger partial charge in [-0.15, -0.1) is 0 Å². The van der Waals surface area contributed by atoms with Crippen LogP contribution in [-0.4, -0.2) is 46.7 Å². The summed E-state index contributed by atoms with van der Waals surface area (Å²) in [5.41, 5.74) is 0.225. The second-order valence-electron chi connectivity index (χ2n) is 5.99. The number of allylic oxidation sites excluding steroid dienone is 2. The number of nitrogens with zero attached hydrogens (tertiary/aromatic N) is 1. The third kappa shape index (κ3) is 6.89. The summed E-state index contributed by atoms with van der Waals surface area (Å²) in [7, 11) is 0. The number of aliphatic hydroxyl groups excluding tert-OH is 1. The van der Waals surface area contributed by atoms with Crippen LogP contribution in [0.1, 0.15) is 48.0 Å². The van der Waals surface area contributed by atoms with Gasteiger partial charge >= 0.3 is 6.09 Å². The molecule has 0 aliphatic rings. The number of carbonyl (C=O) groups is 2. The molecule has 0 unspecified atom stereocenters. The Morgan fingerprint density at radius 3 is 2.23 bits per heavy atom. The van der Waals surface area contributed by atoms with E-state index in [0.717, 1.165) is 5.57 Å². The first-order valence-electron chi connectivity index (χ1n) is 7.61. The summed E-state index contributed by atoms with van der Waals surface area (Å²) in [4.78, 5) is 25.6. The van der Waals surface area contributed by atoms with Crippen molar-refractivity contribution in [3.63, 3.8) is 0 Å². The molecule has 22 heavy (non-hydrogen) atoms. The highest BCUT2D eigenvalue weighted by atomic mass is 16.6. The smallest absolute Gasteiger partial charge is 0.411 e. The predicted molar refractivity (Wildman–Crippen MR) is 87.7 cm³/mol. The second-order valence-corrected chi connectivity index (χ2v) is 5.99. The number of amides is 1. The lowest BCUT2D eigenvalue weighted by molar-refractivity contribution is -0.116. The number of carbonyl (C=O) groups excluding carboxylic acids is 2. The summed E-state index contributed by atoms with van der Waals surface area (Å²) < 4.78 is 5.37. The number of ketones is 1. The van der Waals surface area contributed by atoms with Crippen LogP contribution in [-0.2, 0) is 9.53 Å². The van der Waals surface area contributed by atoms with Gasteiger partial charge in [0.2, 0.25) is 0 Å². The number of ether oxygens (including phenoxy) is 1. The van der Waals surface area contributed by atoms with E-state index in [4.69, 9.17) is 4.74 Å². The standard InChI is InChI=1S/C17H29NO4/c1-7-10-14(20)11-18(16(21)22-17(4,5)6)15(12-19)13(8-2)9-3/h7-8,10,15,19H,9,11-12H2,1-6H3/t15-/m1/s1. The largest absolute Gasteiger partial charge is 0.444 e. The molecule has 0 radical (unpaired) electrons. The van der Waals surface area contributed by atoms with Crippen molar-refractivity contribution in [1.82, 2.24) is 4.90 Å². The topological polar surface area (TPSA) is 66.8 Å². The number of rotatable bonds is 7. The van der Waals surface area contributed by atoms with E-state index in [-0.39, 0.29) is 18.9 Å². The molecule has 0 aliphatic carbocycles. The lowest BCUT2D eigenvalue weighted by atomic mass is 10.0. The second kappa shape index (κ2) is 9.41. The van der Waals surface area contributed by atoms with Gasteiger partial charge in [0.05, 0.1) is 19.2 Å². The van der Waals surface area contributed by atoms with E-state index in [1.807, 2.05) is 19.9 Å². The average Bonchev–Trinajstić information content (AvgIpc) is 2.41. The lowest BCUT2D eigenvalue weighted by Gasteiger charge is -2.33. The molecule has 0 aromatic carbocycles. The van der Waals surface area contributed by atoms with Crippen LogP contribution in [0.4, 0.5) is 4.79 Å². The third-order valence-electron chi connectivity index (χ3n) is 3.06. The first-order valence-corrected chi connectivity index (χ1v) is 7.61. The summed E-state index contributed by atoms with van der Waals surface area (Å²) in [5.74, 6) is -0.210. The molecule has 1 amide bonds. The number of aliphatic hydroxyl groups is 1. The van der Waals surface area contributed by atoms with E-state index in [1.165, 1.54) is 11.0 Å². The quantitative estimate of drug-likeness (QED) is 0.579. The fourth-order valence-electron chi connectivity index (χ4n) is 2.08. The minimum Gasteiger partial charge on any atom is -0.444 e. The van der Waals surface area contributed by atoms with Gasteiger partial charge in [-0.3, -0.25) is 9.69 Å². The van der Waals surface area contributed by atoms with Crippen molar-refractivity contribution in [3.8, 4) is 0 Å². The van der Waals surface area contributed by atoms with E-state index in [1.54, 1.807) is 33.8 Å². The Morgan fingerprint density at radius 1 is 1.27 bits per heavy atom. The van der Waals surface area contributed by atoms with Crippen molar-refractivity contribution < 1.29 is 19.4 Å². The molecule has 0 spiro atoms. The molecule has 0 saturated heterocycles. The zero-order valence-electron chi connectivity index (χ0n) is 14.5. The van der Waals surface area contributed by atoms with E-state index >= 15 is 0 Å². The highest BCUT2D eigenvalue weighted by Gasteiger charge is 2.30. The monoisotopic (exact) mass is 311 g/mol. The predicted octanol–water partition coefficient (Wildman–Crippen LogP) is 3.09. The molecule has 5 heteroatoms. The van der Waals surface area contributed by atoms with Crippen molar-refractivity contribution in [2.24, 2.45) is 0 Å². The van der Waals surface area contributed by atoms with Gasteiger partial charge in [-0.1, -0.05) is 19.1 Å². The minimum absolute atomic E-state index is 0.123. The maximum absolute atomic E-state index is 12.4. The van der Waals surface area contributed by atoms with Gasteiger partial charge in [-0.2, -0.15) is 0 Å². The van der Waals surface area contributed by atoms with Crippen LogP contribution in [0.15, 0.2) is 23.8 Å². The van der Waals surface area contributed by atoms with Crippen LogP contribution >= 0.6 is 0 Å². The molecule has 126 valence electrons. The Kier molecular flexibility index (Phi) is 8.72. The van der Waals surface area contributed by atoms with Gasteiger partial charge in [-0.25, -0.2) is 4.79 Å². The highest BCUT2D eigenvalue weighted by molar-refractivity contribution is 5.93. The van der Waals surface area contributed by atoms with Crippen molar-refractivity contribution in [2.45, 2.75) is 59.6 Å². The van der Waals surface area contributed by atoms with E-state index in [9.17, 15) is 14.7 Å². The van der Waals surface area contributed by atoms with Gasteiger partial charge in [0.25, 0.3) is 0 Å². The molecular weight excluding hydrogens is 282 g/mol. The van der Waals surface area contributed by atoms with Gasteiger partial charge in [0, 0.05) is 0 Å². The average molecular weight is 311 g/mol. The first kappa shape index (κ1) is 20.4. The van der Waals surface area contributed by atoms with Crippen LogP contribution in [0.3, 0.4) is 0 Å². The first-order chi connectivity index (χ1) is 10.2. The lowest BCUT2D eigenvalue weighted by Crippen LogP contribution is -2.48. The minimum atomic E-state index is -0.665. The van der Waals surface area contributed by atoms with E-state index in [2.05, 4.69) is 0 Å². The van der Waals surface area contributed by atoms with Crippen LogP contribution in [0, 0.1) is 0 Å². The maximum Gasteiger partial charge on any atom is 0.411 e. The molecule has 0 bridgehead atoms. The highest BCUT2D eigenvalue weighted by Crippen LogP contribution is 2.18. The summed E-state index contributed by atoms with van der Waals surface area (Å²) in [6, 6.07) is -0.556. The van der Waals surface area contributed by atoms with Crippen LogP contribution in [0.2, 0.25) is 0 Å². The Hall–Kier alpha value is -1.62. The molecule has 0 saturated carbocycles. The van der Waals surface area contributed by atoms with Gasteiger partial charge < -0.3 is 9.84 Å². The Labute approximate surface area is 133 Å². The number of hydrogen-bond donors (Lipinski definition) is 1. The molecule has 0 aromatic rings. The van der Waals surface area contributed by atoms with E-state index < -0.39 is 17.7 Å². The van der Waals surface area contributed by atoms with Gasteiger partial charge in [-0.05, 0) is 52.7 Å². The molecule has 0 heterocycles. The molecule has 1 N–H and O–H groups in total. The molecule has 0 aromatic heterocycles. The summed E-state index contributed by atoms with van der Waals surface area (Å²) in [5, 5.41) is 9.70. The molecular formula is C17H29NO4. The Balaban J connectivity index is 5.47. The number of hydrogen-bond acceptors (Lipinski definition) is 4. The molecule has 0 aliphatic heterocycles. The molecule has 1 atom stereocenters. The van der Waals surface area contributed by atoms with E-state index in [0.29, 0.717) is 6.42 Å². The summed E-state index contributed by atoms with van der Waals surface area (Å²) in [6.45, 7) is 10.4. The Morgan fingerprint density at radius 2 is 1.86 bits per heavy atom. The molecule has 5 nitrogen and oxygen atoms in total. The normalized spacial score (nSPS) is 14.0. The van der Waals surface area contributed by atoms with Crippen molar-refractivity contribution in [3.05, 3.63) is 23.8 Å². The van der Waals surface area contributed by atoms with Crippen LogP contribution in [0.5, 0.6) is 0 Å². The summed E-state index contributed by atoms with van der Waals surface area (Å²) >= 11 is 0. The summed E-state index contributed by atoms with van der Waals surface area (Å²) in [6.07, 6.45) is 4.97. The molecule has 0 fully saturated rings. The van der Waals surface area contributed by atoms with Crippen LogP contribution in [0.25, 0.3) is 0 Å². The maximum atomic E-state index is 12.4. The van der Waals surface area contributed by atoms with Gasteiger partial charge in [0.1, 0.15) is 5.60 Å². The van der Waals surface area contributed by atoms with Crippen molar-refractivity contribution >= 4 is 11.9 Å². The SMILES string of the molecule is CC=CC(=O)CN(C(=O)OC(C)(C)C)[C@H](CO)C(=CC)CC. The fraction of sp³-hybridized carbons (Fsp3) is 0.647. The fourth-order valence-corrected chi connectivity index (χ4v) is 2.08. The Bertz CT molecular complexity index is 432. The van der Waals surface area contributed by atoms with Crippen molar-refractivity contribution in [2.75, 3.05) is 13.2 Å². The third-order valence-corrected chi connectivity index (χ3v) is 3.06. The van der Waals surface area contributed by atoms with Gasteiger partial charge in [0.15, 0.2) is 5.78 Å². The van der Waals surface area contributed by atoms with Crippen LogP contribution < -0.4 is 0 Å². The van der Waals surface area contributed by atoms with Crippen molar-refractivity contribution in [1.29, 1.82) is 0 Å². The zero-order valence-corrected chi connectivity index (χ0v) is 14.5. The molecule has 0 rings (SSSR count).